The highest BCUT2D eigenvalue weighted by Crippen LogP contribution is 2.51. The zero-order chi connectivity index (χ0) is 19.7. The van der Waals surface area contributed by atoms with Gasteiger partial charge in [0.15, 0.2) is 5.82 Å². The smallest absolute Gasteiger partial charge is 0.236 e. The minimum atomic E-state index is -3.77. The molecule has 3 aromatic rings. The third-order valence-corrected chi connectivity index (χ3v) is 6.62. The largest absolute Gasteiger partial charge is 0.288 e. The summed E-state index contributed by atoms with van der Waals surface area (Å²) in [5, 5.41) is 1.67. The number of anilines is 2. The van der Waals surface area contributed by atoms with Crippen molar-refractivity contribution in [3.05, 3.63) is 59.9 Å². The van der Waals surface area contributed by atoms with Gasteiger partial charge >= 0.3 is 0 Å². The van der Waals surface area contributed by atoms with Gasteiger partial charge < -0.3 is 0 Å². The van der Waals surface area contributed by atoms with Crippen LogP contribution in [0.4, 0.5) is 11.4 Å². The van der Waals surface area contributed by atoms with E-state index >= 15 is 0 Å². The standard InChI is InChI=1S/C19H16ClN3O3S2/c1-2-12-28(24,25)26-23-14-7-3-4-8-15(14)27-16-9-5-6-13(18(16)23)19-21-11-10-17(20)22-19/h3-11H,2,12H2,1H3. The van der Waals surface area contributed by atoms with Gasteiger partial charge in [-0.25, -0.2) is 15.0 Å². The van der Waals surface area contributed by atoms with Gasteiger partial charge in [-0.3, -0.25) is 0 Å². The first-order valence-corrected chi connectivity index (χ1v) is 11.4. The Balaban J connectivity index is 1.92. The van der Waals surface area contributed by atoms with Crippen molar-refractivity contribution in [2.24, 2.45) is 0 Å². The van der Waals surface area contributed by atoms with E-state index in [-0.39, 0.29) is 5.75 Å². The second-order valence-electron chi connectivity index (χ2n) is 6.06. The lowest BCUT2D eigenvalue weighted by Gasteiger charge is -2.32. The van der Waals surface area contributed by atoms with E-state index in [1.165, 1.54) is 16.8 Å². The molecule has 0 fully saturated rings. The van der Waals surface area contributed by atoms with Crippen molar-refractivity contribution in [2.45, 2.75) is 23.1 Å². The average molecular weight is 434 g/mol. The lowest BCUT2D eigenvalue weighted by molar-refractivity contribution is 0.319. The number of benzene rings is 2. The van der Waals surface area contributed by atoms with Crippen molar-refractivity contribution >= 4 is 44.9 Å². The van der Waals surface area contributed by atoms with E-state index in [1.807, 2.05) is 42.5 Å². The highest BCUT2D eigenvalue weighted by atomic mass is 35.5. The molecular weight excluding hydrogens is 418 g/mol. The number of hydrogen-bond donors (Lipinski definition) is 0. The highest BCUT2D eigenvalue weighted by molar-refractivity contribution is 7.99. The van der Waals surface area contributed by atoms with Crippen LogP contribution in [0.25, 0.3) is 11.4 Å². The first-order chi connectivity index (χ1) is 13.5. The molecule has 0 atom stereocenters. The molecule has 6 nitrogen and oxygen atoms in total. The SMILES string of the molecule is CCCS(=O)(=O)ON1c2ccccc2Sc2cccc(-c3nccc(Cl)n3)c21. The molecule has 9 heteroatoms. The Kier molecular flexibility index (Phi) is 5.29. The van der Waals surface area contributed by atoms with E-state index in [9.17, 15) is 8.42 Å². The van der Waals surface area contributed by atoms with Crippen molar-refractivity contribution in [1.29, 1.82) is 0 Å². The molecule has 0 N–H and O–H groups in total. The van der Waals surface area contributed by atoms with E-state index < -0.39 is 10.1 Å². The van der Waals surface area contributed by atoms with Crippen molar-refractivity contribution in [1.82, 2.24) is 9.97 Å². The monoisotopic (exact) mass is 433 g/mol. The van der Waals surface area contributed by atoms with Gasteiger partial charge in [-0.05, 0) is 36.8 Å². The second kappa shape index (κ2) is 7.71. The van der Waals surface area contributed by atoms with E-state index in [0.717, 1.165) is 9.79 Å². The summed E-state index contributed by atoms with van der Waals surface area (Å²) in [4.78, 5) is 10.3. The van der Waals surface area contributed by atoms with Gasteiger partial charge in [0.1, 0.15) is 5.15 Å². The molecule has 2 heterocycles. The molecule has 0 unspecified atom stereocenters. The molecule has 0 amide bonds. The van der Waals surface area contributed by atoms with Gasteiger partial charge in [-0.1, -0.05) is 48.5 Å². The predicted molar refractivity (Wildman–Crippen MR) is 110 cm³/mol. The van der Waals surface area contributed by atoms with Gasteiger partial charge in [0.2, 0.25) is 0 Å². The van der Waals surface area contributed by atoms with Crippen LogP contribution in [0.1, 0.15) is 13.3 Å². The van der Waals surface area contributed by atoms with Gasteiger partial charge in [0.05, 0.1) is 17.1 Å². The fourth-order valence-electron chi connectivity index (χ4n) is 2.89. The van der Waals surface area contributed by atoms with E-state index in [0.29, 0.717) is 34.3 Å². The van der Waals surface area contributed by atoms with E-state index in [1.54, 1.807) is 19.2 Å². The molecule has 0 aliphatic carbocycles. The number of hydrogen-bond acceptors (Lipinski definition) is 7. The molecule has 144 valence electrons. The number of aromatic nitrogens is 2. The predicted octanol–water partition coefficient (Wildman–Crippen LogP) is 5.07. The maximum Gasteiger partial charge on any atom is 0.288 e. The molecular formula is C19H16ClN3O3S2. The maximum atomic E-state index is 12.5. The van der Waals surface area contributed by atoms with Gasteiger partial charge in [0, 0.05) is 21.6 Å². The van der Waals surface area contributed by atoms with Crippen LogP contribution in [0.3, 0.4) is 0 Å². The molecule has 0 bridgehead atoms. The molecule has 1 aromatic heterocycles. The quantitative estimate of drug-likeness (QED) is 0.520. The average Bonchev–Trinajstić information content (AvgIpc) is 2.67. The molecule has 4 rings (SSSR count). The Hall–Kier alpha value is -2.13. The number of nitrogens with zero attached hydrogens (tertiary/aromatic N) is 3. The van der Waals surface area contributed by atoms with Crippen molar-refractivity contribution in [2.75, 3.05) is 10.8 Å². The first-order valence-electron chi connectivity index (χ1n) is 8.60. The molecule has 0 radical (unpaired) electrons. The summed E-state index contributed by atoms with van der Waals surface area (Å²) >= 11 is 7.58. The topological polar surface area (TPSA) is 72.4 Å². The van der Waals surface area contributed by atoms with Gasteiger partial charge in [-0.15, -0.1) is 4.28 Å². The highest BCUT2D eigenvalue weighted by Gasteiger charge is 2.31. The summed E-state index contributed by atoms with van der Waals surface area (Å²) in [6.45, 7) is 1.79. The third-order valence-electron chi connectivity index (χ3n) is 4.01. The minimum Gasteiger partial charge on any atom is -0.236 e. The second-order valence-corrected chi connectivity index (χ2v) is 9.20. The summed E-state index contributed by atoms with van der Waals surface area (Å²) in [6.07, 6.45) is 2.02. The first kappa shape index (κ1) is 19.2. The normalized spacial score (nSPS) is 13.1. The van der Waals surface area contributed by atoms with Crippen molar-refractivity contribution < 1.29 is 12.7 Å². The number of halogens is 1. The van der Waals surface area contributed by atoms with Crippen LogP contribution in [0.2, 0.25) is 5.15 Å². The summed E-state index contributed by atoms with van der Waals surface area (Å²) in [6, 6.07) is 14.7. The summed E-state index contributed by atoms with van der Waals surface area (Å²) in [5.41, 5.74) is 1.86. The van der Waals surface area contributed by atoms with Crippen LogP contribution < -0.4 is 5.06 Å². The molecule has 0 spiro atoms. The maximum absolute atomic E-state index is 12.5. The third kappa shape index (κ3) is 3.73. The van der Waals surface area contributed by atoms with Crippen LogP contribution in [0, 0.1) is 0 Å². The molecule has 1 aliphatic heterocycles. The molecule has 1 aliphatic rings. The number of fused-ring (bicyclic) bond motifs is 2. The zero-order valence-corrected chi connectivity index (χ0v) is 17.3. The van der Waals surface area contributed by atoms with Gasteiger partial charge in [-0.2, -0.15) is 8.42 Å². The Labute approximate surface area is 172 Å². The molecule has 28 heavy (non-hydrogen) atoms. The van der Waals surface area contributed by atoms with Crippen LogP contribution in [-0.2, 0) is 14.4 Å². The lowest BCUT2D eigenvalue weighted by atomic mass is 10.1. The number of para-hydroxylation sites is 2. The van der Waals surface area contributed by atoms with Gasteiger partial charge in [0.25, 0.3) is 10.1 Å². The minimum absolute atomic E-state index is 0.0794. The zero-order valence-electron chi connectivity index (χ0n) is 14.9. The van der Waals surface area contributed by atoms with Crippen molar-refractivity contribution in [3.8, 4) is 11.4 Å². The summed E-state index contributed by atoms with van der Waals surface area (Å²) in [7, 11) is -3.77. The Bertz CT molecular complexity index is 1140. The fourth-order valence-corrected chi connectivity index (χ4v) is 5.06. The number of rotatable bonds is 5. The molecule has 2 aromatic carbocycles. The molecule has 0 saturated heterocycles. The molecule has 0 saturated carbocycles. The van der Waals surface area contributed by atoms with Crippen LogP contribution in [-0.4, -0.2) is 24.1 Å². The van der Waals surface area contributed by atoms with Crippen LogP contribution >= 0.6 is 23.4 Å². The Morgan fingerprint density at radius 1 is 1.11 bits per heavy atom. The van der Waals surface area contributed by atoms with Crippen LogP contribution in [0.5, 0.6) is 0 Å². The lowest BCUT2D eigenvalue weighted by Crippen LogP contribution is -2.27. The Morgan fingerprint density at radius 3 is 2.68 bits per heavy atom. The summed E-state index contributed by atoms with van der Waals surface area (Å²) < 4.78 is 30.6. The van der Waals surface area contributed by atoms with E-state index in [2.05, 4.69) is 9.97 Å². The Morgan fingerprint density at radius 2 is 1.89 bits per heavy atom. The van der Waals surface area contributed by atoms with Crippen molar-refractivity contribution in [3.63, 3.8) is 0 Å². The fraction of sp³-hybridized carbons (Fsp3) is 0.158. The summed E-state index contributed by atoms with van der Waals surface area (Å²) in [5.74, 6) is 0.315. The van der Waals surface area contributed by atoms with E-state index in [4.69, 9.17) is 15.9 Å². The van der Waals surface area contributed by atoms with Crippen LogP contribution in [0.15, 0.2) is 64.5 Å².